The average Bonchev–Trinajstić information content (AvgIpc) is 2.94. The van der Waals surface area contributed by atoms with Gasteiger partial charge in [-0.3, -0.25) is 0 Å². The molecule has 6 heteroatoms. The van der Waals surface area contributed by atoms with Crippen LogP contribution in [-0.2, 0) is 4.74 Å². The van der Waals surface area contributed by atoms with E-state index in [0.717, 1.165) is 22.8 Å². The van der Waals surface area contributed by atoms with Crippen molar-refractivity contribution < 1.29 is 14.3 Å². The summed E-state index contributed by atoms with van der Waals surface area (Å²) in [7, 11) is 1.61. The molecule has 106 valence electrons. The molecule has 0 bridgehead atoms. The Morgan fingerprint density at radius 3 is 2.60 bits per heavy atom. The Labute approximate surface area is 121 Å². The lowest BCUT2D eigenvalue weighted by atomic mass is 10.1. The van der Waals surface area contributed by atoms with Gasteiger partial charge in [-0.15, -0.1) is 5.10 Å². The molecule has 1 heterocycles. The van der Waals surface area contributed by atoms with Crippen molar-refractivity contribution in [3.63, 3.8) is 0 Å². The number of esters is 1. The van der Waals surface area contributed by atoms with Crippen molar-refractivity contribution in [3.05, 3.63) is 29.1 Å². The molecule has 0 amide bonds. The third-order valence-electron chi connectivity index (χ3n) is 2.58. The topological polar surface area (TPSA) is 61.3 Å². The maximum atomic E-state index is 12.0. The van der Waals surface area contributed by atoms with Crippen molar-refractivity contribution in [2.45, 2.75) is 13.8 Å². The summed E-state index contributed by atoms with van der Waals surface area (Å²) in [6, 6.07) is 7.32. The van der Waals surface area contributed by atoms with Crippen LogP contribution in [-0.4, -0.2) is 29.3 Å². The molecule has 0 saturated carbocycles. The van der Waals surface area contributed by atoms with Crippen LogP contribution < -0.4 is 4.74 Å². The Hall–Kier alpha value is -1.95. The summed E-state index contributed by atoms with van der Waals surface area (Å²) >= 11 is 1.05. The Morgan fingerprint density at radius 2 is 2.00 bits per heavy atom. The highest BCUT2D eigenvalue weighted by atomic mass is 32.1. The summed E-state index contributed by atoms with van der Waals surface area (Å²) < 4.78 is 14.2. The molecule has 0 aliphatic heterocycles. The molecule has 0 spiro atoms. The summed E-state index contributed by atoms with van der Waals surface area (Å²) in [5.74, 6) is 0.671. The van der Waals surface area contributed by atoms with Crippen LogP contribution in [0.15, 0.2) is 24.3 Å². The third kappa shape index (κ3) is 3.33. The highest BCUT2D eigenvalue weighted by molar-refractivity contribution is 7.08. The average molecular weight is 292 g/mol. The fourth-order valence-corrected chi connectivity index (χ4v) is 2.15. The molecule has 0 N–H and O–H groups in total. The van der Waals surface area contributed by atoms with E-state index in [0.29, 0.717) is 23.1 Å². The summed E-state index contributed by atoms with van der Waals surface area (Å²) in [6.45, 7) is 4.37. The van der Waals surface area contributed by atoms with Crippen molar-refractivity contribution in [3.8, 4) is 17.0 Å². The summed E-state index contributed by atoms with van der Waals surface area (Å²) in [6.07, 6.45) is 0. The fourth-order valence-electron chi connectivity index (χ4n) is 1.57. The smallest absolute Gasteiger partial charge is 0.352 e. The lowest BCUT2D eigenvalue weighted by molar-refractivity contribution is 0.0465. The largest absolute Gasteiger partial charge is 0.497 e. The molecule has 1 aromatic heterocycles. The minimum Gasteiger partial charge on any atom is -0.497 e. The van der Waals surface area contributed by atoms with E-state index in [9.17, 15) is 4.79 Å². The molecule has 20 heavy (non-hydrogen) atoms. The second kappa shape index (κ2) is 6.47. The zero-order valence-electron chi connectivity index (χ0n) is 11.6. The highest BCUT2D eigenvalue weighted by Crippen LogP contribution is 2.26. The number of carbonyl (C=O) groups is 1. The van der Waals surface area contributed by atoms with E-state index in [1.54, 1.807) is 7.11 Å². The van der Waals surface area contributed by atoms with Gasteiger partial charge in [0.1, 0.15) is 11.4 Å². The van der Waals surface area contributed by atoms with Gasteiger partial charge >= 0.3 is 5.97 Å². The first-order valence-corrected chi connectivity index (χ1v) is 7.03. The lowest BCUT2D eigenvalue weighted by Crippen LogP contribution is -2.09. The molecule has 5 nitrogen and oxygen atoms in total. The number of rotatable bonds is 5. The second-order valence-corrected chi connectivity index (χ2v) is 5.43. The fraction of sp³-hybridized carbons (Fsp3) is 0.357. The van der Waals surface area contributed by atoms with Crippen LogP contribution in [0.25, 0.3) is 11.3 Å². The van der Waals surface area contributed by atoms with Crippen molar-refractivity contribution in [1.82, 2.24) is 9.59 Å². The molecule has 1 aromatic carbocycles. The first-order chi connectivity index (χ1) is 9.61. The molecule has 0 unspecified atom stereocenters. The maximum absolute atomic E-state index is 12.0. The van der Waals surface area contributed by atoms with Gasteiger partial charge < -0.3 is 9.47 Å². The maximum Gasteiger partial charge on any atom is 0.352 e. The molecule has 0 fully saturated rings. The molecule has 2 aromatic rings. The summed E-state index contributed by atoms with van der Waals surface area (Å²) in [5, 5.41) is 4.02. The molecule has 2 rings (SSSR count). The number of nitrogens with zero attached hydrogens (tertiary/aromatic N) is 2. The predicted octanol–water partition coefficient (Wildman–Crippen LogP) is 3.03. The van der Waals surface area contributed by atoms with Gasteiger partial charge in [-0.25, -0.2) is 4.79 Å². The van der Waals surface area contributed by atoms with E-state index in [1.807, 2.05) is 38.1 Å². The van der Waals surface area contributed by atoms with Crippen molar-refractivity contribution in [2.75, 3.05) is 13.7 Å². The van der Waals surface area contributed by atoms with Crippen molar-refractivity contribution in [2.24, 2.45) is 5.92 Å². The van der Waals surface area contributed by atoms with Crippen LogP contribution in [0.1, 0.15) is 23.5 Å². The lowest BCUT2D eigenvalue weighted by Gasteiger charge is -2.06. The molecule has 0 atom stereocenters. The minimum absolute atomic E-state index is 0.296. The van der Waals surface area contributed by atoms with Gasteiger partial charge in [-0.05, 0) is 41.7 Å². The number of aromatic nitrogens is 2. The van der Waals surface area contributed by atoms with Gasteiger partial charge in [0.05, 0.1) is 13.7 Å². The number of benzene rings is 1. The Kier molecular flexibility index (Phi) is 4.68. The van der Waals surface area contributed by atoms with Gasteiger partial charge in [0.15, 0.2) is 4.88 Å². The SMILES string of the molecule is COc1ccc(-c2nnsc2C(=O)OCC(C)C)cc1. The van der Waals surface area contributed by atoms with Crippen molar-refractivity contribution in [1.29, 1.82) is 0 Å². The minimum atomic E-state index is -0.375. The summed E-state index contributed by atoms with van der Waals surface area (Å²) in [4.78, 5) is 12.4. The molecular weight excluding hydrogens is 276 g/mol. The first kappa shape index (κ1) is 14.5. The molecular formula is C14H16N2O3S. The number of hydrogen-bond donors (Lipinski definition) is 0. The Bertz CT molecular complexity index is 578. The van der Waals surface area contributed by atoms with E-state index in [1.165, 1.54) is 0 Å². The van der Waals surface area contributed by atoms with Gasteiger partial charge in [0, 0.05) is 5.56 Å². The summed E-state index contributed by atoms with van der Waals surface area (Å²) in [5.41, 5.74) is 1.36. The highest BCUT2D eigenvalue weighted by Gasteiger charge is 2.19. The number of ether oxygens (including phenoxy) is 2. The van der Waals surface area contributed by atoms with Gasteiger partial charge in [-0.2, -0.15) is 0 Å². The van der Waals surface area contributed by atoms with Gasteiger partial charge in [0.25, 0.3) is 0 Å². The Balaban J connectivity index is 2.20. The van der Waals surface area contributed by atoms with E-state index in [-0.39, 0.29) is 5.97 Å². The Morgan fingerprint density at radius 1 is 1.30 bits per heavy atom. The second-order valence-electron chi connectivity index (χ2n) is 4.67. The zero-order chi connectivity index (χ0) is 14.5. The van der Waals surface area contributed by atoms with Crippen molar-refractivity contribution >= 4 is 17.5 Å². The van der Waals surface area contributed by atoms with Gasteiger partial charge in [-0.1, -0.05) is 18.3 Å². The number of carbonyl (C=O) groups excluding carboxylic acids is 1. The standard InChI is InChI=1S/C14H16N2O3S/c1-9(2)8-19-14(17)13-12(15-16-20-13)10-4-6-11(18-3)7-5-10/h4-7,9H,8H2,1-3H3. The van der Waals surface area contributed by atoms with E-state index in [4.69, 9.17) is 9.47 Å². The van der Waals surface area contributed by atoms with Crippen LogP contribution >= 0.6 is 11.5 Å². The first-order valence-electron chi connectivity index (χ1n) is 6.25. The molecule has 0 saturated heterocycles. The van der Waals surface area contributed by atoms with Crippen LogP contribution in [0.5, 0.6) is 5.75 Å². The van der Waals surface area contributed by atoms with Crippen LogP contribution in [0.4, 0.5) is 0 Å². The molecule has 0 aliphatic carbocycles. The van der Waals surface area contributed by atoms with E-state index < -0.39 is 0 Å². The quantitative estimate of drug-likeness (QED) is 0.793. The van der Waals surface area contributed by atoms with E-state index in [2.05, 4.69) is 9.59 Å². The van der Waals surface area contributed by atoms with Crippen LogP contribution in [0.3, 0.4) is 0 Å². The number of methoxy groups -OCH3 is 1. The predicted molar refractivity (Wildman–Crippen MR) is 77.0 cm³/mol. The van der Waals surface area contributed by atoms with Crippen LogP contribution in [0, 0.1) is 5.92 Å². The zero-order valence-corrected chi connectivity index (χ0v) is 12.4. The third-order valence-corrected chi connectivity index (χ3v) is 3.29. The monoisotopic (exact) mass is 292 g/mol. The normalized spacial score (nSPS) is 10.6. The molecule has 0 aliphatic rings. The number of hydrogen-bond acceptors (Lipinski definition) is 6. The van der Waals surface area contributed by atoms with Crippen LogP contribution in [0.2, 0.25) is 0 Å². The van der Waals surface area contributed by atoms with Gasteiger partial charge in [0.2, 0.25) is 0 Å². The molecule has 0 radical (unpaired) electrons. The van der Waals surface area contributed by atoms with E-state index >= 15 is 0 Å².